The smallest absolute Gasteiger partial charge is 0.405 e. The van der Waals surface area contributed by atoms with Crippen molar-refractivity contribution in [3.63, 3.8) is 0 Å². The van der Waals surface area contributed by atoms with E-state index in [9.17, 15) is 19.1 Å². The van der Waals surface area contributed by atoms with Gasteiger partial charge in [0.1, 0.15) is 24.1 Å². The Morgan fingerprint density at radius 3 is 2.67 bits per heavy atom. The van der Waals surface area contributed by atoms with Crippen molar-refractivity contribution in [3.05, 3.63) is 35.6 Å². The maximum atomic E-state index is 13.0. The number of hydrogen-bond acceptors (Lipinski definition) is 5. The van der Waals surface area contributed by atoms with Gasteiger partial charge in [-0.1, -0.05) is 12.1 Å². The van der Waals surface area contributed by atoms with Gasteiger partial charge < -0.3 is 25.0 Å². The predicted molar refractivity (Wildman–Crippen MR) is 81.0 cm³/mol. The first-order chi connectivity index (χ1) is 11.4. The largest absolute Gasteiger partial charge is 0.465 e. The summed E-state index contributed by atoms with van der Waals surface area (Å²) < 4.78 is 23.7. The van der Waals surface area contributed by atoms with Crippen LogP contribution in [-0.4, -0.2) is 53.2 Å². The maximum absolute atomic E-state index is 13.0. The fourth-order valence-electron chi connectivity index (χ4n) is 2.50. The highest BCUT2D eigenvalue weighted by atomic mass is 19.1. The van der Waals surface area contributed by atoms with Crippen LogP contribution in [0.4, 0.5) is 9.18 Å². The van der Waals surface area contributed by atoms with Gasteiger partial charge in [-0.3, -0.25) is 0 Å². The highest BCUT2D eigenvalue weighted by molar-refractivity contribution is 5.80. The molecule has 1 fully saturated rings. The van der Waals surface area contributed by atoms with E-state index in [4.69, 9.17) is 14.6 Å². The van der Waals surface area contributed by atoms with Crippen molar-refractivity contribution in [1.29, 1.82) is 0 Å². The Morgan fingerprint density at radius 2 is 2.04 bits per heavy atom. The van der Waals surface area contributed by atoms with Gasteiger partial charge in [-0.2, -0.15) is 0 Å². The summed E-state index contributed by atoms with van der Waals surface area (Å²) in [6, 6.07) is 4.74. The molecule has 0 aromatic heterocycles. The molecule has 0 unspecified atom stereocenters. The molecule has 3 N–H and O–H groups in total. The van der Waals surface area contributed by atoms with Crippen molar-refractivity contribution in [1.82, 2.24) is 5.32 Å². The van der Waals surface area contributed by atoms with Gasteiger partial charge in [-0.15, -0.1) is 0 Å². The van der Waals surface area contributed by atoms with Gasteiger partial charge in [0.05, 0.1) is 6.10 Å². The van der Waals surface area contributed by atoms with E-state index in [2.05, 4.69) is 5.32 Å². The molecule has 1 saturated heterocycles. The van der Waals surface area contributed by atoms with E-state index < -0.39 is 36.4 Å². The number of benzene rings is 1. The van der Waals surface area contributed by atoms with E-state index in [0.29, 0.717) is 6.42 Å². The minimum atomic E-state index is -1.34. The molecule has 1 heterocycles. The number of hydrogen-bond donors (Lipinski definition) is 3. The Kier molecular flexibility index (Phi) is 6.10. The highest BCUT2D eigenvalue weighted by Crippen LogP contribution is 2.18. The standard InChI is InChI=1S/C16H20FNO6/c1-9-14(19)13(8-10-2-4-11(17)5-3-10)23-7-6-12(15(20)24-9)18-16(21)22/h2-5,9,12-14,18-19H,6-8H2,1H3,(H,21,22)/t9-,12-,13+,14-/m0/s1. The van der Waals surface area contributed by atoms with Gasteiger partial charge in [0.2, 0.25) is 0 Å². The first kappa shape index (κ1) is 18.2. The van der Waals surface area contributed by atoms with Crippen LogP contribution in [0.2, 0.25) is 0 Å². The molecule has 0 bridgehead atoms. The summed E-state index contributed by atoms with van der Waals surface area (Å²) in [5, 5.41) is 21.2. The predicted octanol–water partition coefficient (Wildman–Crippen LogP) is 1.09. The Bertz CT molecular complexity index is 578. The number of amides is 1. The van der Waals surface area contributed by atoms with Crippen LogP contribution < -0.4 is 5.32 Å². The van der Waals surface area contributed by atoms with Gasteiger partial charge in [0, 0.05) is 19.4 Å². The van der Waals surface area contributed by atoms with Crippen LogP contribution in [0.1, 0.15) is 18.9 Å². The third-order valence-corrected chi connectivity index (χ3v) is 3.83. The minimum Gasteiger partial charge on any atom is -0.465 e. The first-order valence-electron chi connectivity index (χ1n) is 7.61. The van der Waals surface area contributed by atoms with Gasteiger partial charge in [0.25, 0.3) is 0 Å². The van der Waals surface area contributed by atoms with E-state index in [1.54, 1.807) is 12.1 Å². The van der Waals surface area contributed by atoms with E-state index >= 15 is 0 Å². The Hall–Kier alpha value is -2.19. The van der Waals surface area contributed by atoms with E-state index in [0.717, 1.165) is 5.56 Å². The van der Waals surface area contributed by atoms with Crippen LogP contribution in [0.3, 0.4) is 0 Å². The van der Waals surface area contributed by atoms with Crippen LogP contribution >= 0.6 is 0 Å². The molecule has 0 spiro atoms. The third kappa shape index (κ3) is 4.90. The van der Waals surface area contributed by atoms with Crippen molar-refractivity contribution in [3.8, 4) is 0 Å². The zero-order valence-corrected chi connectivity index (χ0v) is 13.1. The van der Waals surface area contributed by atoms with E-state index in [1.165, 1.54) is 19.1 Å². The summed E-state index contributed by atoms with van der Waals surface area (Å²) in [6.45, 7) is 1.57. The number of aliphatic hydroxyl groups is 1. The fourth-order valence-corrected chi connectivity index (χ4v) is 2.50. The molecule has 0 radical (unpaired) electrons. The molecular weight excluding hydrogens is 321 g/mol. The number of esters is 1. The normalized spacial score (nSPS) is 28.2. The molecule has 2 rings (SSSR count). The Labute approximate surface area is 138 Å². The number of ether oxygens (including phenoxy) is 2. The second-order valence-electron chi connectivity index (χ2n) is 5.66. The summed E-state index contributed by atoms with van der Waals surface area (Å²) in [4.78, 5) is 22.7. The van der Waals surface area contributed by atoms with Crippen molar-refractivity contribution in [2.24, 2.45) is 0 Å². The van der Waals surface area contributed by atoms with Crippen LogP contribution in [-0.2, 0) is 20.7 Å². The van der Waals surface area contributed by atoms with E-state index in [1.807, 2.05) is 0 Å². The van der Waals surface area contributed by atoms with Gasteiger partial charge in [-0.05, 0) is 24.6 Å². The van der Waals surface area contributed by atoms with Crippen molar-refractivity contribution >= 4 is 12.1 Å². The molecule has 132 valence electrons. The molecule has 0 saturated carbocycles. The molecular formula is C16H20FNO6. The summed E-state index contributed by atoms with van der Waals surface area (Å²) >= 11 is 0. The number of rotatable bonds is 3. The number of carboxylic acid groups (broad SMARTS) is 1. The number of carbonyl (C=O) groups is 2. The monoisotopic (exact) mass is 341 g/mol. The molecule has 1 amide bonds. The zero-order valence-electron chi connectivity index (χ0n) is 13.1. The Balaban J connectivity index is 2.09. The second-order valence-corrected chi connectivity index (χ2v) is 5.66. The molecule has 8 heteroatoms. The van der Waals surface area contributed by atoms with Gasteiger partial charge >= 0.3 is 12.1 Å². The molecule has 1 aromatic rings. The average Bonchev–Trinajstić information content (AvgIpc) is 2.56. The van der Waals surface area contributed by atoms with Crippen LogP contribution in [0.25, 0.3) is 0 Å². The Morgan fingerprint density at radius 1 is 1.38 bits per heavy atom. The molecule has 1 aromatic carbocycles. The molecule has 1 aliphatic rings. The highest BCUT2D eigenvalue weighted by Gasteiger charge is 2.33. The molecule has 4 atom stereocenters. The zero-order chi connectivity index (χ0) is 17.7. The molecule has 7 nitrogen and oxygen atoms in total. The van der Waals surface area contributed by atoms with Crippen LogP contribution in [0.15, 0.2) is 24.3 Å². The van der Waals surface area contributed by atoms with Crippen molar-refractivity contribution in [2.45, 2.75) is 44.1 Å². The minimum absolute atomic E-state index is 0.0652. The first-order valence-corrected chi connectivity index (χ1v) is 7.61. The fraction of sp³-hybridized carbons (Fsp3) is 0.500. The SMILES string of the molecule is C[C@@H]1OC(=O)[C@@H](NC(=O)O)CCO[C@H](Cc2ccc(F)cc2)[C@H]1O. The quantitative estimate of drug-likeness (QED) is 0.711. The summed E-state index contributed by atoms with van der Waals surface area (Å²) in [6.07, 6.45) is -3.58. The van der Waals surface area contributed by atoms with Crippen LogP contribution in [0, 0.1) is 5.82 Å². The third-order valence-electron chi connectivity index (χ3n) is 3.83. The summed E-state index contributed by atoms with van der Waals surface area (Å²) in [7, 11) is 0. The lowest BCUT2D eigenvalue weighted by Gasteiger charge is -2.26. The van der Waals surface area contributed by atoms with Gasteiger partial charge in [0.15, 0.2) is 0 Å². The number of aliphatic hydroxyl groups excluding tert-OH is 1. The van der Waals surface area contributed by atoms with Crippen LogP contribution in [0.5, 0.6) is 0 Å². The lowest BCUT2D eigenvalue weighted by molar-refractivity contribution is -0.158. The number of halogens is 1. The van der Waals surface area contributed by atoms with Crippen molar-refractivity contribution in [2.75, 3.05) is 6.61 Å². The lowest BCUT2D eigenvalue weighted by Crippen LogP contribution is -2.44. The number of carbonyl (C=O) groups excluding carboxylic acids is 1. The number of nitrogens with one attached hydrogen (secondary N) is 1. The van der Waals surface area contributed by atoms with Crippen molar-refractivity contribution < 1.29 is 33.7 Å². The summed E-state index contributed by atoms with van der Waals surface area (Å²) in [5.41, 5.74) is 0.762. The average molecular weight is 341 g/mol. The summed E-state index contributed by atoms with van der Waals surface area (Å²) in [5.74, 6) is -1.12. The maximum Gasteiger partial charge on any atom is 0.405 e. The molecule has 0 aliphatic carbocycles. The lowest BCUT2D eigenvalue weighted by atomic mass is 10.0. The van der Waals surface area contributed by atoms with Gasteiger partial charge in [-0.25, -0.2) is 14.0 Å². The molecule has 24 heavy (non-hydrogen) atoms. The molecule has 1 aliphatic heterocycles. The number of cyclic esters (lactones) is 1. The topological polar surface area (TPSA) is 105 Å². The van der Waals surface area contributed by atoms with E-state index in [-0.39, 0.29) is 18.8 Å². The second kappa shape index (κ2) is 8.07.